The smallest absolute Gasteiger partial charge is 0.259 e. The van der Waals surface area contributed by atoms with Crippen LogP contribution in [0.25, 0.3) is 0 Å². The number of hydrogen-bond donors (Lipinski definition) is 1. The van der Waals surface area contributed by atoms with Crippen LogP contribution in [0, 0.1) is 11.7 Å². The van der Waals surface area contributed by atoms with Crippen LogP contribution in [0.1, 0.15) is 43.0 Å². The van der Waals surface area contributed by atoms with Gasteiger partial charge in [0.2, 0.25) is 5.91 Å². The molecule has 5 nitrogen and oxygen atoms in total. The maximum absolute atomic E-state index is 14.2. The van der Waals surface area contributed by atoms with Gasteiger partial charge in [-0.2, -0.15) is 0 Å². The second kappa shape index (κ2) is 7.58. The fraction of sp³-hybridized carbons (Fsp3) is 0.500. The molecule has 1 saturated carbocycles. The van der Waals surface area contributed by atoms with Gasteiger partial charge in [-0.3, -0.25) is 14.5 Å². The van der Waals surface area contributed by atoms with Crippen molar-refractivity contribution in [3.63, 3.8) is 0 Å². The summed E-state index contributed by atoms with van der Waals surface area (Å²) in [5.41, 5.74) is -0.861. The first-order chi connectivity index (χ1) is 12.5. The van der Waals surface area contributed by atoms with Gasteiger partial charge in [-0.25, -0.2) is 4.39 Å². The van der Waals surface area contributed by atoms with Crippen LogP contribution in [0.3, 0.4) is 0 Å². The number of hydrogen-bond acceptors (Lipinski definition) is 3. The second-order valence-electron chi connectivity index (χ2n) is 7.14. The van der Waals surface area contributed by atoms with Crippen molar-refractivity contribution in [1.29, 1.82) is 0 Å². The molecule has 1 aliphatic carbocycles. The molecule has 6 heteroatoms. The Morgan fingerprint density at radius 1 is 1.38 bits per heavy atom. The number of nitrogens with one attached hydrogen (secondary N) is 1. The van der Waals surface area contributed by atoms with Gasteiger partial charge >= 0.3 is 0 Å². The highest BCUT2D eigenvalue weighted by molar-refractivity contribution is 5.98. The van der Waals surface area contributed by atoms with Crippen LogP contribution in [0.15, 0.2) is 36.9 Å². The van der Waals surface area contributed by atoms with E-state index in [2.05, 4.69) is 18.8 Å². The number of halogens is 1. The Bertz CT molecular complexity index is 698. The molecule has 2 amide bonds. The van der Waals surface area contributed by atoms with Crippen molar-refractivity contribution in [2.24, 2.45) is 5.92 Å². The number of carbonyl (C=O) groups is 2. The maximum Gasteiger partial charge on any atom is 0.259 e. The lowest BCUT2D eigenvalue weighted by Crippen LogP contribution is -2.57. The van der Waals surface area contributed by atoms with E-state index in [1.165, 1.54) is 17.0 Å². The van der Waals surface area contributed by atoms with E-state index >= 15 is 0 Å². The van der Waals surface area contributed by atoms with Gasteiger partial charge in [0, 0.05) is 6.54 Å². The van der Waals surface area contributed by atoms with E-state index in [0.717, 1.165) is 12.8 Å². The second-order valence-corrected chi connectivity index (χ2v) is 7.14. The predicted octanol–water partition coefficient (Wildman–Crippen LogP) is 2.88. The fourth-order valence-electron chi connectivity index (χ4n) is 3.84. The van der Waals surface area contributed by atoms with Crippen LogP contribution in [-0.4, -0.2) is 41.6 Å². The standard InChI is InChI=1S/C20H25FN2O3/c1-3-12-22-18(24)17-13-26-20(10-8-14(2)9-11-20)23(17)19(25)15-6-4-5-7-16(15)21/h3-7,14,17H,1,8-13H2,2H3,(H,22,24)/t14?,17-,20?/m1/s1. The lowest BCUT2D eigenvalue weighted by Gasteiger charge is -2.43. The summed E-state index contributed by atoms with van der Waals surface area (Å²) in [6, 6.07) is 5.10. The average Bonchev–Trinajstić information content (AvgIpc) is 3.01. The molecule has 2 aliphatic rings. The molecule has 1 aromatic rings. The molecule has 1 spiro atoms. The molecule has 26 heavy (non-hydrogen) atoms. The Morgan fingerprint density at radius 3 is 2.73 bits per heavy atom. The van der Waals surface area contributed by atoms with Crippen molar-refractivity contribution >= 4 is 11.8 Å². The van der Waals surface area contributed by atoms with E-state index in [1.807, 2.05) is 0 Å². The number of amides is 2. The Hall–Kier alpha value is -2.21. The van der Waals surface area contributed by atoms with Crippen LogP contribution in [0.4, 0.5) is 4.39 Å². The fourth-order valence-corrected chi connectivity index (χ4v) is 3.84. The molecule has 0 radical (unpaired) electrons. The summed E-state index contributed by atoms with van der Waals surface area (Å²) in [6.45, 7) is 6.18. The Morgan fingerprint density at radius 2 is 2.08 bits per heavy atom. The minimum Gasteiger partial charge on any atom is -0.353 e. The van der Waals surface area contributed by atoms with Gasteiger partial charge in [0.25, 0.3) is 5.91 Å². The Kier molecular flexibility index (Phi) is 5.41. The van der Waals surface area contributed by atoms with Gasteiger partial charge in [-0.15, -0.1) is 6.58 Å². The minimum atomic E-state index is -0.831. The third kappa shape index (κ3) is 3.38. The molecule has 0 bridgehead atoms. The van der Waals surface area contributed by atoms with E-state index in [-0.39, 0.29) is 18.1 Å². The van der Waals surface area contributed by atoms with E-state index in [0.29, 0.717) is 25.3 Å². The normalized spacial score (nSPS) is 28.2. The molecular weight excluding hydrogens is 335 g/mol. The van der Waals surface area contributed by atoms with Gasteiger partial charge < -0.3 is 10.1 Å². The van der Waals surface area contributed by atoms with Crippen LogP contribution < -0.4 is 5.32 Å². The van der Waals surface area contributed by atoms with Crippen molar-refractivity contribution in [3.8, 4) is 0 Å². The summed E-state index contributed by atoms with van der Waals surface area (Å²) in [5.74, 6) is -0.837. The van der Waals surface area contributed by atoms with Gasteiger partial charge in [-0.1, -0.05) is 25.1 Å². The van der Waals surface area contributed by atoms with E-state index in [4.69, 9.17) is 4.74 Å². The molecule has 0 aromatic heterocycles. The number of carbonyl (C=O) groups excluding carboxylic acids is 2. The number of ether oxygens (including phenoxy) is 1. The maximum atomic E-state index is 14.2. The third-order valence-corrected chi connectivity index (χ3v) is 5.36. The zero-order valence-electron chi connectivity index (χ0n) is 15.0. The summed E-state index contributed by atoms with van der Waals surface area (Å²) >= 11 is 0. The molecule has 1 N–H and O–H groups in total. The lowest BCUT2D eigenvalue weighted by atomic mass is 9.83. The number of rotatable bonds is 4. The van der Waals surface area contributed by atoms with Crippen molar-refractivity contribution in [2.75, 3.05) is 13.2 Å². The van der Waals surface area contributed by atoms with Crippen molar-refractivity contribution in [1.82, 2.24) is 10.2 Å². The van der Waals surface area contributed by atoms with Crippen LogP contribution >= 0.6 is 0 Å². The molecule has 3 rings (SSSR count). The minimum absolute atomic E-state index is 0.0301. The molecule has 140 valence electrons. The Labute approximate surface area is 153 Å². The molecule has 1 aliphatic heterocycles. The summed E-state index contributed by atoms with van der Waals surface area (Å²) in [4.78, 5) is 27.3. The average molecular weight is 360 g/mol. The Balaban J connectivity index is 1.94. The summed E-state index contributed by atoms with van der Waals surface area (Å²) in [5, 5.41) is 2.73. The van der Waals surface area contributed by atoms with E-state index in [1.54, 1.807) is 18.2 Å². The summed E-state index contributed by atoms with van der Waals surface area (Å²) in [6.07, 6.45) is 4.69. The largest absolute Gasteiger partial charge is 0.353 e. The third-order valence-electron chi connectivity index (χ3n) is 5.36. The number of benzene rings is 1. The molecule has 1 heterocycles. The first-order valence-corrected chi connectivity index (χ1v) is 9.09. The molecule has 2 fully saturated rings. The molecule has 0 unspecified atom stereocenters. The quantitative estimate of drug-likeness (QED) is 0.840. The molecular formula is C20H25FN2O3. The zero-order chi connectivity index (χ0) is 18.7. The lowest BCUT2D eigenvalue weighted by molar-refractivity contribution is -0.127. The number of nitrogens with zero attached hydrogens (tertiary/aromatic N) is 1. The monoisotopic (exact) mass is 360 g/mol. The van der Waals surface area contributed by atoms with Crippen LogP contribution in [-0.2, 0) is 9.53 Å². The van der Waals surface area contributed by atoms with Crippen molar-refractivity contribution in [2.45, 2.75) is 44.4 Å². The van der Waals surface area contributed by atoms with Gasteiger partial charge in [0.15, 0.2) is 0 Å². The highest BCUT2D eigenvalue weighted by Crippen LogP contribution is 2.43. The van der Waals surface area contributed by atoms with Gasteiger partial charge in [0.1, 0.15) is 17.6 Å². The predicted molar refractivity (Wildman–Crippen MR) is 95.9 cm³/mol. The van der Waals surface area contributed by atoms with Gasteiger partial charge in [-0.05, 0) is 43.7 Å². The van der Waals surface area contributed by atoms with Crippen LogP contribution in [0.2, 0.25) is 0 Å². The van der Waals surface area contributed by atoms with Crippen LogP contribution in [0.5, 0.6) is 0 Å². The summed E-state index contributed by atoms with van der Waals surface area (Å²) in [7, 11) is 0. The van der Waals surface area contributed by atoms with E-state index in [9.17, 15) is 14.0 Å². The van der Waals surface area contributed by atoms with E-state index < -0.39 is 23.5 Å². The topological polar surface area (TPSA) is 58.6 Å². The zero-order valence-corrected chi connectivity index (χ0v) is 15.0. The van der Waals surface area contributed by atoms with Gasteiger partial charge in [0.05, 0.1) is 12.2 Å². The highest BCUT2D eigenvalue weighted by atomic mass is 19.1. The summed E-state index contributed by atoms with van der Waals surface area (Å²) < 4.78 is 20.3. The van der Waals surface area contributed by atoms with Crippen molar-refractivity contribution in [3.05, 3.63) is 48.3 Å². The molecule has 1 aromatic carbocycles. The first-order valence-electron chi connectivity index (χ1n) is 9.09. The SMILES string of the molecule is C=CCNC(=O)[C@H]1COC2(CCC(C)CC2)N1C(=O)c1ccccc1F. The molecule has 1 saturated heterocycles. The molecule has 1 atom stereocenters. The highest BCUT2D eigenvalue weighted by Gasteiger charge is 2.53. The van der Waals surface area contributed by atoms with Crippen molar-refractivity contribution < 1.29 is 18.7 Å². The first kappa shape index (κ1) is 18.6.